The standard InChI is InChI=1S/N2O6/c3-1(4)7-8-2(5)6. The van der Waals surface area contributed by atoms with Crippen LogP contribution in [-0.2, 0) is 9.98 Å². The fraction of sp³-hybridized carbons (Fsp3) is 0. The van der Waals surface area contributed by atoms with Crippen LogP contribution < -0.4 is 0 Å². The van der Waals surface area contributed by atoms with Crippen LogP contribution in [0.4, 0.5) is 0 Å². The Morgan fingerprint density at radius 2 is 1.25 bits per heavy atom. The lowest BCUT2D eigenvalue weighted by Crippen LogP contribution is -2.06. The SMILES string of the molecule is O=[N+]([O-])OO[N+](=O)[O-]. The third-order valence-electron chi connectivity index (χ3n) is 0.155. The zero-order chi connectivity index (χ0) is 6.57. The molecule has 0 aromatic carbocycles. The van der Waals surface area contributed by atoms with E-state index in [1.165, 1.54) is 0 Å². The van der Waals surface area contributed by atoms with Crippen LogP contribution in [0.2, 0.25) is 0 Å². The second kappa shape index (κ2) is 2.55. The smallest absolute Gasteiger partial charge is 0.107 e. The molecule has 0 aliphatic carbocycles. The number of hydrogen-bond acceptors (Lipinski definition) is 6. The highest BCUT2D eigenvalue weighted by Gasteiger charge is 1.97. The van der Waals surface area contributed by atoms with Gasteiger partial charge in [0.25, 0.3) is 0 Å². The fourth-order valence-electron chi connectivity index (χ4n) is 0.0544. The van der Waals surface area contributed by atoms with Crippen molar-refractivity contribution in [2.45, 2.75) is 0 Å². The molecule has 0 fully saturated rings. The van der Waals surface area contributed by atoms with Gasteiger partial charge in [0, 0.05) is 0 Å². The van der Waals surface area contributed by atoms with Crippen molar-refractivity contribution in [2.75, 3.05) is 0 Å². The van der Waals surface area contributed by atoms with E-state index in [1.54, 1.807) is 0 Å². The lowest BCUT2D eigenvalue weighted by molar-refractivity contribution is -1.00. The van der Waals surface area contributed by atoms with Crippen LogP contribution in [0.5, 0.6) is 0 Å². The molecule has 0 rings (SSSR count). The maximum atomic E-state index is 9.06. The van der Waals surface area contributed by atoms with Crippen LogP contribution in [0.15, 0.2) is 0 Å². The van der Waals surface area contributed by atoms with Gasteiger partial charge in [0.1, 0.15) is 0 Å². The molecule has 8 heavy (non-hydrogen) atoms. The van der Waals surface area contributed by atoms with Crippen LogP contribution in [-0.4, -0.2) is 10.2 Å². The Morgan fingerprint density at radius 3 is 1.38 bits per heavy atom. The van der Waals surface area contributed by atoms with E-state index in [0.29, 0.717) is 0 Å². The van der Waals surface area contributed by atoms with Crippen LogP contribution in [0.1, 0.15) is 0 Å². The highest BCUT2D eigenvalue weighted by molar-refractivity contribution is 3.87. The molecule has 0 spiro atoms. The molecule has 0 atom stereocenters. The summed E-state index contributed by atoms with van der Waals surface area (Å²) in [6, 6.07) is 0. The Bertz CT molecular complexity index is 91.1. The Morgan fingerprint density at radius 1 is 1.00 bits per heavy atom. The third kappa shape index (κ3) is 4.40. The molecule has 0 aliphatic heterocycles. The summed E-state index contributed by atoms with van der Waals surface area (Å²) < 4.78 is 0. The van der Waals surface area contributed by atoms with E-state index >= 15 is 0 Å². The molecule has 46 valence electrons. The van der Waals surface area contributed by atoms with Gasteiger partial charge in [-0.25, -0.2) is 0 Å². The summed E-state index contributed by atoms with van der Waals surface area (Å²) in [6.07, 6.45) is 0. The summed E-state index contributed by atoms with van der Waals surface area (Å²) in [7, 11) is 0. The Balaban J connectivity index is 3.18. The quantitative estimate of drug-likeness (QED) is 0.280. The molecule has 0 heterocycles. The predicted molar refractivity (Wildman–Crippen MR) is 16.2 cm³/mol. The van der Waals surface area contributed by atoms with Crippen LogP contribution in [0, 0.1) is 20.2 Å². The first kappa shape index (κ1) is 6.40. The number of hydrogen-bond donors (Lipinski definition) is 0. The predicted octanol–water partition coefficient (Wildman–Crippen LogP) is -0.682. The van der Waals surface area contributed by atoms with Crippen molar-refractivity contribution in [3.63, 3.8) is 0 Å². The second-order valence-electron chi connectivity index (χ2n) is 0.596. The summed E-state index contributed by atoms with van der Waals surface area (Å²) in [5.41, 5.74) is 0. The molecule has 0 radical (unpaired) electrons. The van der Waals surface area contributed by atoms with E-state index < -0.39 is 10.2 Å². The van der Waals surface area contributed by atoms with Crippen LogP contribution >= 0.6 is 0 Å². The molecule has 0 saturated carbocycles. The molecule has 0 aromatic heterocycles. The molecule has 0 N–H and O–H groups in total. The van der Waals surface area contributed by atoms with Crippen molar-refractivity contribution in [2.24, 2.45) is 0 Å². The minimum absolute atomic E-state index is 1.44. The van der Waals surface area contributed by atoms with E-state index in [2.05, 4.69) is 9.98 Å². The van der Waals surface area contributed by atoms with Gasteiger partial charge in [0.05, 0.1) is 0 Å². The molecule has 0 amide bonds. The molecular weight excluding hydrogens is 124 g/mol. The molecule has 8 nitrogen and oxygen atoms in total. The van der Waals surface area contributed by atoms with Gasteiger partial charge in [-0.1, -0.05) is 0 Å². The van der Waals surface area contributed by atoms with Crippen molar-refractivity contribution in [3.8, 4) is 0 Å². The van der Waals surface area contributed by atoms with Gasteiger partial charge in [-0.05, 0) is 0 Å². The molecule has 0 aliphatic rings. The second-order valence-corrected chi connectivity index (χ2v) is 0.596. The van der Waals surface area contributed by atoms with Crippen molar-refractivity contribution >= 4 is 0 Å². The van der Waals surface area contributed by atoms with E-state index in [1.807, 2.05) is 0 Å². The molecule has 0 aromatic rings. The summed E-state index contributed by atoms with van der Waals surface area (Å²) in [5.74, 6) is 0. The lowest BCUT2D eigenvalue weighted by Gasteiger charge is -1.86. The maximum Gasteiger partial charge on any atom is 0.322 e. The lowest BCUT2D eigenvalue weighted by atomic mass is 13.0. The molecule has 0 bridgehead atoms. The van der Waals surface area contributed by atoms with E-state index in [0.717, 1.165) is 0 Å². The van der Waals surface area contributed by atoms with Crippen molar-refractivity contribution in [3.05, 3.63) is 20.2 Å². The topological polar surface area (TPSA) is 105 Å². The average molecular weight is 124 g/mol. The normalized spacial score (nSPS) is 7.50. The van der Waals surface area contributed by atoms with Gasteiger partial charge in [0.15, 0.2) is 0 Å². The molecular formula is N2O6. The molecule has 0 unspecified atom stereocenters. The summed E-state index contributed by atoms with van der Waals surface area (Å²) in [4.78, 5) is 23.8. The largest absolute Gasteiger partial charge is 0.322 e. The van der Waals surface area contributed by atoms with Crippen molar-refractivity contribution in [1.29, 1.82) is 0 Å². The fourth-order valence-corrected chi connectivity index (χ4v) is 0.0544. The summed E-state index contributed by atoms with van der Waals surface area (Å²) in [6.45, 7) is 0. The maximum absolute atomic E-state index is 9.06. The van der Waals surface area contributed by atoms with E-state index in [9.17, 15) is 0 Å². The Labute approximate surface area is 41.7 Å². The van der Waals surface area contributed by atoms with Crippen LogP contribution in [0.3, 0.4) is 0 Å². The van der Waals surface area contributed by atoms with Gasteiger partial charge in [-0.3, -0.25) is 0 Å². The van der Waals surface area contributed by atoms with E-state index in [-0.39, 0.29) is 0 Å². The van der Waals surface area contributed by atoms with Crippen molar-refractivity contribution in [1.82, 2.24) is 0 Å². The van der Waals surface area contributed by atoms with Crippen molar-refractivity contribution < 1.29 is 20.1 Å². The summed E-state index contributed by atoms with van der Waals surface area (Å²) >= 11 is 0. The average Bonchev–Trinajstić information content (AvgIpc) is 1.61. The van der Waals surface area contributed by atoms with Crippen LogP contribution in [0.25, 0.3) is 0 Å². The highest BCUT2D eigenvalue weighted by atomic mass is 17.4. The number of nitrogens with zero attached hydrogens (tertiary/aromatic N) is 2. The first-order chi connectivity index (χ1) is 3.63. The molecule has 8 heteroatoms. The zero-order valence-corrected chi connectivity index (χ0v) is 3.34. The Kier molecular flexibility index (Phi) is 2.04. The molecule has 0 saturated heterocycles. The van der Waals surface area contributed by atoms with Gasteiger partial charge in [-0.15, -0.1) is 30.2 Å². The minimum atomic E-state index is -1.44. The highest BCUT2D eigenvalue weighted by Crippen LogP contribution is 1.76. The zero-order valence-electron chi connectivity index (χ0n) is 3.34. The third-order valence-corrected chi connectivity index (χ3v) is 0.155. The van der Waals surface area contributed by atoms with Gasteiger partial charge in [0.2, 0.25) is 0 Å². The minimum Gasteiger partial charge on any atom is -0.107 e. The number of rotatable bonds is 3. The monoisotopic (exact) mass is 124 g/mol. The van der Waals surface area contributed by atoms with E-state index in [4.69, 9.17) is 20.2 Å². The summed E-state index contributed by atoms with van der Waals surface area (Å²) in [5, 5.41) is 15.2. The first-order valence-electron chi connectivity index (χ1n) is 1.26. The van der Waals surface area contributed by atoms with Gasteiger partial charge in [-0.2, -0.15) is 0 Å². The van der Waals surface area contributed by atoms with Gasteiger partial charge >= 0.3 is 10.2 Å². The Hall–Kier alpha value is -1.60. The van der Waals surface area contributed by atoms with Gasteiger partial charge < -0.3 is 0 Å². The first-order valence-corrected chi connectivity index (χ1v) is 1.26.